The Bertz CT molecular complexity index is 1210. The molecule has 4 rings (SSSR count). The second kappa shape index (κ2) is 8.71. The van der Waals surface area contributed by atoms with Crippen LogP contribution in [0.1, 0.15) is 41.9 Å². The first-order valence-electron chi connectivity index (χ1n) is 10.5. The van der Waals surface area contributed by atoms with Gasteiger partial charge in [0.2, 0.25) is 0 Å². The number of carbonyl (C=O) groups is 2. The van der Waals surface area contributed by atoms with Gasteiger partial charge in [-0.2, -0.15) is 5.10 Å². The third kappa shape index (κ3) is 4.50. The Kier molecular flexibility index (Phi) is 5.84. The molecule has 0 saturated heterocycles. The molecule has 0 fully saturated rings. The lowest BCUT2D eigenvalue weighted by atomic mass is 10.1. The quantitative estimate of drug-likeness (QED) is 0.619. The van der Waals surface area contributed by atoms with Crippen LogP contribution in [0.5, 0.6) is 0 Å². The van der Waals surface area contributed by atoms with E-state index >= 15 is 0 Å². The molecule has 0 bridgehead atoms. The van der Waals surface area contributed by atoms with Crippen molar-refractivity contribution in [1.29, 1.82) is 0 Å². The molecule has 2 aromatic carbocycles. The summed E-state index contributed by atoms with van der Waals surface area (Å²) in [5.74, 6) is -0.989. The van der Waals surface area contributed by atoms with Crippen LogP contribution in [0.25, 0.3) is 10.8 Å². The standard InChI is InChI=1S/C24H25N3O4/c1-15(2)13-27-23(29)20-9-4-3-8-19(20)22(26-27)24(30)31-14-21(28)25-18-11-10-16-6-5-7-17(16)12-18/h3-4,8-12,15H,5-7,13-14H2,1-2H3,(H,25,28). The molecule has 3 aromatic rings. The van der Waals surface area contributed by atoms with Crippen molar-refractivity contribution in [1.82, 2.24) is 9.78 Å². The molecule has 1 aliphatic carbocycles. The first-order chi connectivity index (χ1) is 14.9. The molecular formula is C24H25N3O4. The van der Waals surface area contributed by atoms with E-state index in [4.69, 9.17) is 4.74 Å². The Morgan fingerprint density at radius 1 is 1.10 bits per heavy atom. The molecule has 7 nitrogen and oxygen atoms in total. The smallest absolute Gasteiger partial charge is 0.359 e. The van der Waals surface area contributed by atoms with E-state index in [2.05, 4.69) is 10.4 Å². The minimum Gasteiger partial charge on any atom is -0.451 e. The Hall–Kier alpha value is -3.48. The largest absolute Gasteiger partial charge is 0.451 e. The molecule has 0 aliphatic heterocycles. The van der Waals surface area contributed by atoms with Crippen LogP contribution in [-0.4, -0.2) is 28.3 Å². The molecule has 160 valence electrons. The van der Waals surface area contributed by atoms with Crippen molar-refractivity contribution < 1.29 is 14.3 Å². The topological polar surface area (TPSA) is 90.3 Å². The van der Waals surface area contributed by atoms with Crippen LogP contribution in [0.15, 0.2) is 47.3 Å². The summed E-state index contributed by atoms with van der Waals surface area (Å²) in [6, 6.07) is 12.6. The molecule has 31 heavy (non-hydrogen) atoms. The van der Waals surface area contributed by atoms with Crippen LogP contribution >= 0.6 is 0 Å². The fraction of sp³-hybridized carbons (Fsp3) is 0.333. The van der Waals surface area contributed by atoms with Crippen LogP contribution < -0.4 is 10.9 Å². The summed E-state index contributed by atoms with van der Waals surface area (Å²) in [5, 5.41) is 7.82. The lowest BCUT2D eigenvalue weighted by Gasteiger charge is -2.12. The van der Waals surface area contributed by atoms with E-state index in [-0.39, 0.29) is 17.2 Å². The highest BCUT2D eigenvalue weighted by molar-refractivity contribution is 6.03. The summed E-state index contributed by atoms with van der Waals surface area (Å²) >= 11 is 0. The molecular weight excluding hydrogens is 394 g/mol. The predicted octanol–water partition coefficient (Wildman–Crippen LogP) is 3.34. The van der Waals surface area contributed by atoms with E-state index in [9.17, 15) is 14.4 Å². The summed E-state index contributed by atoms with van der Waals surface area (Å²) in [7, 11) is 0. The number of hydrogen-bond acceptors (Lipinski definition) is 5. The van der Waals surface area contributed by atoms with Crippen LogP contribution in [0.2, 0.25) is 0 Å². The highest BCUT2D eigenvalue weighted by atomic mass is 16.5. The number of fused-ring (bicyclic) bond motifs is 2. The average Bonchev–Trinajstić information content (AvgIpc) is 3.21. The van der Waals surface area contributed by atoms with Gasteiger partial charge in [-0.25, -0.2) is 9.48 Å². The molecule has 1 N–H and O–H groups in total. The number of amides is 1. The minimum absolute atomic E-state index is 0.0289. The van der Waals surface area contributed by atoms with Crippen molar-refractivity contribution in [3.63, 3.8) is 0 Å². The van der Waals surface area contributed by atoms with Gasteiger partial charge in [0.05, 0.1) is 5.39 Å². The van der Waals surface area contributed by atoms with Crippen LogP contribution in [-0.2, 0) is 28.9 Å². The number of rotatable bonds is 6. The van der Waals surface area contributed by atoms with Gasteiger partial charge in [0.25, 0.3) is 11.5 Å². The SMILES string of the molecule is CC(C)Cn1nc(C(=O)OCC(=O)Nc2ccc3c(c2)CCC3)c2ccccc2c1=O. The lowest BCUT2D eigenvalue weighted by Crippen LogP contribution is -2.29. The molecule has 1 amide bonds. The average molecular weight is 419 g/mol. The third-order valence-corrected chi connectivity index (χ3v) is 5.32. The van der Waals surface area contributed by atoms with Gasteiger partial charge in [0.15, 0.2) is 12.3 Å². The number of nitrogens with one attached hydrogen (secondary N) is 1. The van der Waals surface area contributed by atoms with Gasteiger partial charge < -0.3 is 10.1 Å². The van der Waals surface area contributed by atoms with Gasteiger partial charge in [-0.1, -0.05) is 38.1 Å². The number of hydrogen-bond donors (Lipinski definition) is 1. The minimum atomic E-state index is -0.738. The Labute approximate surface area is 180 Å². The first kappa shape index (κ1) is 20.8. The molecule has 0 atom stereocenters. The zero-order valence-electron chi connectivity index (χ0n) is 17.7. The van der Waals surface area contributed by atoms with Gasteiger partial charge in [0, 0.05) is 17.6 Å². The summed E-state index contributed by atoms with van der Waals surface area (Å²) < 4.78 is 6.52. The Morgan fingerprint density at radius 3 is 2.61 bits per heavy atom. The van der Waals surface area contributed by atoms with Crippen molar-refractivity contribution in [3.05, 3.63) is 69.6 Å². The highest BCUT2D eigenvalue weighted by Gasteiger charge is 2.20. The molecule has 0 radical (unpaired) electrons. The van der Waals surface area contributed by atoms with E-state index in [1.54, 1.807) is 24.3 Å². The van der Waals surface area contributed by atoms with Gasteiger partial charge >= 0.3 is 5.97 Å². The van der Waals surface area contributed by atoms with Gasteiger partial charge in [-0.05, 0) is 54.5 Å². The van der Waals surface area contributed by atoms with Gasteiger partial charge in [-0.15, -0.1) is 0 Å². The summed E-state index contributed by atoms with van der Waals surface area (Å²) in [5.41, 5.74) is 3.03. The number of nitrogens with zero attached hydrogens (tertiary/aromatic N) is 2. The maximum atomic E-state index is 12.7. The number of anilines is 1. The van der Waals surface area contributed by atoms with E-state index in [0.717, 1.165) is 19.3 Å². The molecule has 0 saturated carbocycles. The number of aromatic nitrogens is 2. The maximum Gasteiger partial charge on any atom is 0.359 e. The maximum absolute atomic E-state index is 12.7. The number of esters is 1. The van der Waals surface area contributed by atoms with E-state index in [1.807, 2.05) is 32.0 Å². The Balaban J connectivity index is 1.49. The number of benzene rings is 2. The highest BCUT2D eigenvalue weighted by Crippen LogP contribution is 2.24. The molecule has 0 spiro atoms. The molecule has 1 aromatic heterocycles. The van der Waals surface area contributed by atoms with Crippen molar-refractivity contribution in [2.75, 3.05) is 11.9 Å². The third-order valence-electron chi connectivity index (χ3n) is 5.32. The molecule has 1 aliphatic rings. The summed E-state index contributed by atoms with van der Waals surface area (Å²) in [6.45, 7) is 3.87. The van der Waals surface area contributed by atoms with Gasteiger partial charge in [0.1, 0.15) is 0 Å². The van der Waals surface area contributed by atoms with Crippen LogP contribution in [0.4, 0.5) is 5.69 Å². The van der Waals surface area contributed by atoms with Crippen molar-refractivity contribution in [2.24, 2.45) is 5.92 Å². The van der Waals surface area contributed by atoms with Crippen LogP contribution in [0, 0.1) is 5.92 Å². The normalized spacial score (nSPS) is 12.7. The first-order valence-corrected chi connectivity index (χ1v) is 10.5. The number of ether oxygens (including phenoxy) is 1. The van der Waals surface area contributed by atoms with Gasteiger partial charge in [-0.3, -0.25) is 9.59 Å². The van der Waals surface area contributed by atoms with Crippen LogP contribution in [0.3, 0.4) is 0 Å². The fourth-order valence-electron chi connectivity index (χ4n) is 3.90. The van der Waals surface area contributed by atoms with E-state index < -0.39 is 18.5 Å². The fourth-order valence-corrected chi connectivity index (χ4v) is 3.90. The van der Waals surface area contributed by atoms with E-state index in [1.165, 1.54) is 15.8 Å². The second-order valence-electron chi connectivity index (χ2n) is 8.24. The van der Waals surface area contributed by atoms with Crippen molar-refractivity contribution in [2.45, 2.75) is 39.7 Å². The van der Waals surface area contributed by atoms with Crippen molar-refractivity contribution in [3.8, 4) is 0 Å². The second-order valence-corrected chi connectivity index (χ2v) is 8.24. The number of aryl methyl sites for hydroxylation is 2. The predicted molar refractivity (Wildman–Crippen MR) is 118 cm³/mol. The van der Waals surface area contributed by atoms with Crippen molar-refractivity contribution >= 4 is 28.3 Å². The summed E-state index contributed by atoms with van der Waals surface area (Å²) in [4.78, 5) is 37.7. The monoisotopic (exact) mass is 419 g/mol. The molecule has 0 unspecified atom stereocenters. The lowest BCUT2D eigenvalue weighted by molar-refractivity contribution is -0.119. The Morgan fingerprint density at radius 2 is 1.84 bits per heavy atom. The summed E-state index contributed by atoms with van der Waals surface area (Å²) in [6.07, 6.45) is 3.21. The number of carbonyl (C=O) groups excluding carboxylic acids is 2. The molecule has 1 heterocycles. The zero-order chi connectivity index (χ0) is 22.0. The van der Waals surface area contributed by atoms with E-state index in [0.29, 0.717) is 23.0 Å². The molecule has 7 heteroatoms. The zero-order valence-corrected chi connectivity index (χ0v) is 17.7.